The third-order valence-electron chi connectivity index (χ3n) is 4.25. The molecule has 1 aromatic rings. The number of nitrogens with zero attached hydrogens (tertiary/aromatic N) is 1. The monoisotopic (exact) mass is 365 g/mol. The molecule has 8 heteroatoms. The topological polar surface area (TPSA) is 90.0 Å². The zero-order chi connectivity index (χ0) is 19.4. The van der Waals surface area contributed by atoms with Crippen LogP contribution in [0.5, 0.6) is 0 Å². The van der Waals surface area contributed by atoms with Crippen LogP contribution in [0.15, 0.2) is 24.3 Å². The van der Waals surface area contributed by atoms with Crippen molar-refractivity contribution in [3.8, 4) is 0 Å². The predicted molar refractivity (Wildman–Crippen MR) is 87.2 cm³/mol. The first-order chi connectivity index (χ1) is 12.3. The lowest BCUT2D eigenvalue weighted by Gasteiger charge is -2.38. The average Bonchev–Trinajstić information content (AvgIpc) is 2.60. The minimum absolute atomic E-state index is 0.0283. The van der Waals surface area contributed by atoms with E-state index in [1.807, 2.05) is 0 Å². The summed E-state index contributed by atoms with van der Waals surface area (Å²) in [6.45, 7) is 3.21. The van der Waals surface area contributed by atoms with Crippen molar-refractivity contribution in [2.45, 2.75) is 19.8 Å². The zero-order valence-corrected chi connectivity index (χ0v) is 14.7. The molecule has 0 radical (unpaired) electrons. The van der Waals surface area contributed by atoms with Gasteiger partial charge in [0.1, 0.15) is 17.7 Å². The van der Waals surface area contributed by atoms with Gasteiger partial charge in [-0.15, -0.1) is 0 Å². The summed E-state index contributed by atoms with van der Waals surface area (Å²) in [5.74, 6) is -7.72. The molecule has 3 atom stereocenters. The first-order valence-corrected chi connectivity index (χ1v) is 8.23. The number of ether oxygens (including phenoxy) is 2. The van der Waals surface area contributed by atoms with Gasteiger partial charge in [-0.2, -0.15) is 0 Å². The summed E-state index contributed by atoms with van der Waals surface area (Å²) in [6, 6.07) is 4.94. The van der Waals surface area contributed by atoms with E-state index in [0.29, 0.717) is 5.56 Å². The van der Waals surface area contributed by atoms with Crippen molar-refractivity contribution in [2.75, 3.05) is 20.3 Å². The number of halogens is 1. The molecular formula is C18H20FNO6. The number of hydrogen-bond donors (Lipinski definition) is 0. The van der Waals surface area contributed by atoms with Crippen molar-refractivity contribution >= 4 is 23.8 Å². The van der Waals surface area contributed by atoms with Gasteiger partial charge in [0, 0.05) is 13.0 Å². The Balaban J connectivity index is 2.59. The summed E-state index contributed by atoms with van der Waals surface area (Å²) < 4.78 is 23.2. The highest BCUT2D eigenvalue weighted by Gasteiger charge is 2.54. The summed E-state index contributed by atoms with van der Waals surface area (Å²) in [5.41, 5.74) is 0.303. The van der Waals surface area contributed by atoms with E-state index in [-0.39, 0.29) is 13.2 Å². The fraction of sp³-hybridized carbons (Fsp3) is 0.444. The van der Waals surface area contributed by atoms with Crippen LogP contribution in [0.4, 0.5) is 4.39 Å². The Morgan fingerprint density at radius 2 is 1.38 bits per heavy atom. The maximum absolute atomic E-state index is 13.3. The molecule has 0 aromatic heterocycles. The normalized spacial score (nSPS) is 22.9. The molecule has 0 unspecified atom stereocenters. The maximum Gasteiger partial charge on any atom is 0.319 e. The van der Waals surface area contributed by atoms with E-state index in [1.54, 1.807) is 13.8 Å². The van der Waals surface area contributed by atoms with Gasteiger partial charge in [0.2, 0.25) is 11.8 Å². The van der Waals surface area contributed by atoms with Gasteiger partial charge in [-0.3, -0.25) is 24.1 Å². The number of carbonyl (C=O) groups excluding carboxylic acids is 4. The summed E-state index contributed by atoms with van der Waals surface area (Å²) in [7, 11) is 1.20. The zero-order valence-electron chi connectivity index (χ0n) is 14.7. The lowest BCUT2D eigenvalue weighted by molar-refractivity contribution is -0.170. The van der Waals surface area contributed by atoms with Gasteiger partial charge in [0.05, 0.1) is 13.2 Å². The fourth-order valence-electron chi connectivity index (χ4n) is 3.05. The summed E-state index contributed by atoms with van der Waals surface area (Å²) in [4.78, 5) is 50.8. The molecule has 1 aliphatic rings. The van der Waals surface area contributed by atoms with Crippen LogP contribution in [-0.4, -0.2) is 48.9 Å². The van der Waals surface area contributed by atoms with E-state index < -0.39 is 47.3 Å². The average molecular weight is 365 g/mol. The van der Waals surface area contributed by atoms with Gasteiger partial charge < -0.3 is 9.47 Å². The molecule has 1 saturated heterocycles. The van der Waals surface area contributed by atoms with Crippen molar-refractivity contribution in [1.29, 1.82) is 0 Å². The van der Waals surface area contributed by atoms with Gasteiger partial charge in [-0.1, -0.05) is 12.1 Å². The molecule has 0 saturated carbocycles. The van der Waals surface area contributed by atoms with E-state index in [0.717, 1.165) is 17.0 Å². The van der Waals surface area contributed by atoms with Crippen LogP contribution >= 0.6 is 0 Å². The van der Waals surface area contributed by atoms with Gasteiger partial charge in [0.25, 0.3) is 0 Å². The lowest BCUT2D eigenvalue weighted by Crippen LogP contribution is -2.56. The van der Waals surface area contributed by atoms with E-state index in [1.165, 1.54) is 19.2 Å². The first kappa shape index (κ1) is 19.6. The maximum atomic E-state index is 13.3. The summed E-state index contributed by atoms with van der Waals surface area (Å²) in [5, 5.41) is 0. The minimum atomic E-state index is -1.41. The second-order valence-electron chi connectivity index (χ2n) is 5.77. The van der Waals surface area contributed by atoms with E-state index in [4.69, 9.17) is 9.47 Å². The summed E-state index contributed by atoms with van der Waals surface area (Å²) in [6.07, 6.45) is 0. The Morgan fingerprint density at radius 3 is 1.77 bits per heavy atom. The molecule has 0 N–H and O–H groups in total. The highest BCUT2D eigenvalue weighted by molar-refractivity contribution is 6.14. The molecule has 0 spiro atoms. The van der Waals surface area contributed by atoms with Crippen molar-refractivity contribution in [2.24, 2.45) is 11.8 Å². The second kappa shape index (κ2) is 8.07. The fourth-order valence-corrected chi connectivity index (χ4v) is 3.05. The van der Waals surface area contributed by atoms with Gasteiger partial charge in [-0.05, 0) is 31.5 Å². The number of esters is 2. The van der Waals surface area contributed by atoms with Crippen molar-refractivity contribution in [1.82, 2.24) is 4.90 Å². The van der Waals surface area contributed by atoms with Crippen LogP contribution in [0.1, 0.15) is 25.3 Å². The lowest BCUT2D eigenvalue weighted by atomic mass is 9.72. The Morgan fingerprint density at radius 1 is 0.962 bits per heavy atom. The van der Waals surface area contributed by atoms with Gasteiger partial charge in [0.15, 0.2) is 0 Å². The largest absolute Gasteiger partial charge is 0.465 e. The summed E-state index contributed by atoms with van der Waals surface area (Å²) >= 11 is 0. The number of carbonyl (C=O) groups is 4. The second-order valence-corrected chi connectivity index (χ2v) is 5.77. The molecule has 140 valence electrons. The van der Waals surface area contributed by atoms with Crippen LogP contribution in [0, 0.1) is 17.7 Å². The van der Waals surface area contributed by atoms with Crippen LogP contribution in [0.3, 0.4) is 0 Å². The molecular weight excluding hydrogens is 345 g/mol. The number of benzene rings is 1. The molecule has 1 aromatic carbocycles. The van der Waals surface area contributed by atoms with Crippen molar-refractivity contribution in [3.05, 3.63) is 35.6 Å². The molecule has 26 heavy (non-hydrogen) atoms. The van der Waals surface area contributed by atoms with Crippen LogP contribution in [0.2, 0.25) is 0 Å². The standard InChI is InChI=1S/C18H20FNO6/c1-4-25-17(23)13-12(10-6-8-11(19)9-7-10)14(18(24)26-5-2)16(22)20(3)15(13)21/h6-9,12-14H,4-5H2,1-3H3/t12-,13+,14-. The smallest absolute Gasteiger partial charge is 0.319 e. The molecule has 1 aliphatic heterocycles. The van der Waals surface area contributed by atoms with E-state index in [9.17, 15) is 23.6 Å². The number of likely N-dealkylation sites (tertiary alicyclic amines) is 1. The molecule has 2 amide bonds. The Labute approximate surface area is 150 Å². The van der Waals surface area contributed by atoms with Crippen molar-refractivity contribution < 1.29 is 33.0 Å². The van der Waals surface area contributed by atoms with Crippen LogP contribution < -0.4 is 0 Å². The Hall–Kier alpha value is -2.77. The van der Waals surface area contributed by atoms with Gasteiger partial charge >= 0.3 is 11.9 Å². The first-order valence-electron chi connectivity index (χ1n) is 8.23. The highest BCUT2D eigenvalue weighted by atomic mass is 19.1. The third kappa shape index (κ3) is 3.58. The quantitative estimate of drug-likeness (QED) is 0.443. The molecule has 0 bridgehead atoms. The van der Waals surface area contributed by atoms with E-state index >= 15 is 0 Å². The van der Waals surface area contributed by atoms with Crippen molar-refractivity contribution in [3.63, 3.8) is 0 Å². The predicted octanol–water partition coefficient (Wildman–Crippen LogP) is 1.27. The third-order valence-corrected chi connectivity index (χ3v) is 4.25. The number of piperidine rings is 1. The van der Waals surface area contributed by atoms with Crippen LogP contribution in [0.25, 0.3) is 0 Å². The number of imide groups is 1. The van der Waals surface area contributed by atoms with E-state index in [2.05, 4.69) is 0 Å². The Kier molecular flexibility index (Phi) is 6.07. The molecule has 0 aliphatic carbocycles. The Bertz CT molecular complexity index is 679. The molecule has 1 heterocycles. The van der Waals surface area contributed by atoms with Gasteiger partial charge in [-0.25, -0.2) is 4.39 Å². The minimum Gasteiger partial charge on any atom is -0.465 e. The van der Waals surface area contributed by atoms with Crippen LogP contribution in [-0.2, 0) is 28.7 Å². The number of amides is 2. The highest BCUT2D eigenvalue weighted by Crippen LogP contribution is 2.40. The SMILES string of the molecule is CCOC(=O)[C@@H]1C(=O)N(C)C(=O)[C@H](C(=O)OCC)[C@@H]1c1ccc(F)cc1. The molecule has 1 fully saturated rings. The number of hydrogen-bond acceptors (Lipinski definition) is 6. The molecule has 7 nitrogen and oxygen atoms in total. The number of rotatable bonds is 5. The molecule has 2 rings (SSSR count).